The quantitative estimate of drug-likeness (QED) is 0.153. The van der Waals surface area contributed by atoms with Gasteiger partial charge in [-0.25, -0.2) is 9.37 Å². The maximum absolute atomic E-state index is 14.8. The van der Waals surface area contributed by atoms with Crippen LogP contribution in [0.25, 0.3) is 15.9 Å². The number of benzene rings is 2. The molecule has 2 heterocycles. The van der Waals surface area contributed by atoms with E-state index < -0.39 is 10.7 Å². The topological polar surface area (TPSA) is 78.0 Å². The molecule has 1 unspecified atom stereocenters. The smallest absolute Gasteiger partial charge is 0.268 e. The highest BCUT2D eigenvalue weighted by atomic mass is 32.2. The summed E-state index contributed by atoms with van der Waals surface area (Å²) in [6.07, 6.45) is 2.79. The number of nitro benzene ring substituents is 1. The molecule has 6 nitrogen and oxygen atoms in total. The van der Waals surface area contributed by atoms with Crippen molar-refractivity contribution in [1.29, 1.82) is 0 Å². The van der Waals surface area contributed by atoms with E-state index in [0.717, 1.165) is 30.4 Å². The number of para-hydroxylation sites is 1. The van der Waals surface area contributed by atoms with Crippen LogP contribution < -0.4 is 5.56 Å². The van der Waals surface area contributed by atoms with Gasteiger partial charge < -0.3 is 0 Å². The Morgan fingerprint density at radius 1 is 1.24 bits per heavy atom. The number of thioether (sulfide) groups is 1. The molecule has 168 valence electrons. The van der Waals surface area contributed by atoms with Crippen LogP contribution in [0.1, 0.15) is 29.3 Å². The summed E-state index contributed by atoms with van der Waals surface area (Å²) in [6.45, 7) is 2.21. The average Bonchev–Trinajstić information content (AvgIpc) is 3.16. The number of fused-ring (bicyclic) bond motifs is 3. The second-order valence-electron chi connectivity index (χ2n) is 8.23. The van der Waals surface area contributed by atoms with Gasteiger partial charge in [0.15, 0.2) is 5.16 Å². The van der Waals surface area contributed by atoms with Crippen LogP contribution >= 0.6 is 23.1 Å². The van der Waals surface area contributed by atoms with Gasteiger partial charge in [0.25, 0.3) is 11.2 Å². The minimum Gasteiger partial charge on any atom is -0.268 e. The highest BCUT2D eigenvalue weighted by molar-refractivity contribution is 7.98. The van der Waals surface area contributed by atoms with E-state index in [2.05, 4.69) is 6.92 Å². The molecule has 0 saturated carbocycles. The molecule has 2 aromatic carbocycles. The fourth-order valence-corrected chi connectivity index (χ4v) is 6.56. The van der Waals surface area contributed by atoms with Gasteiger partial charge in [-0.1, -0.05) is 43.0 Å². The molecule has 1 atom stereocenters. The Balaban J connectivity index is 1.62. The fraction of sp³-hybridized carbons (Fsp3) is 0.250. The van der Waals surface area contributed by atoms with Crippen molar-refractivity contribution in [3.63, 3.8) is 0 Å². The van der Waals surface area contributed by atoms with Crippen LogP contribution in [0.3, 0.4) is 0 Å². The number of nitrogens with zero attached hydrogens (tertiary/aromatic N) is 3. The Labute approximate surface area is 197 Å². The van der Waals surface area contributed by atoms with Crippen LogP contribution in [0.15, 0.2) is 58.5 Å². The van der Waals surface area contributed by atoms with Gasteiger partial charge in [-0.3, -0.25) is 19.5 Å². The lowest BCUT2D eigenvalue weighted by atomic mass is 9.89. The van der Waals surface area contributed by atoms with Gasteiger partial charge in [0, 0.05) is 22.8 Å². The van der Waals surface area contributed by atoms with Crippen molar-refractivity contribution in [2.24, 2.45) is 5.92 Å². The van der Waals surface area contributed by atoms with Gasteiger partial charge in [0.1, 0.15) is 10.6 Å². The standard InChI is InChI=1S/C24H20FN3O3S2/c1-14-6-11-17-20(12-14)33-22-21(17)23(29)27(19-5-3-2-4-18(19)25)24(26-22)32-13-15-7-9-16(10-8-15)28(30)31/h2-5,7-10,14H,6,11-13H2,1H3. The van der Waals surface area contributed by atoms with E-state index in [1.54, 1.807) is 41.7 Å². The van der Waals surface area contributed by atoms with Gasteiger partial charge >= 0.3 is 0 Å². The number of hydrogen-bond acceptors (Lipinski definition) is 6. The zero-order valence-electron chi connectivity index (χ0n) is 17.8. The van der Waals surface area contributed by atoms with Gasteiger partial charge in [-0.15, -0.1) is 11.3 Å². The molecule has 0 bridgehead atoms. The van der Waals surface area contributed by atoms with E-state index in [9.17, 15) is 19.3 Å². The second-order valence-corrected chi connectivity index (χ2v) is 10.3. The summed E-state index contributed by atoms with van der Waals surface area (Å²) in [7, 11) is 0. The molecule has 2 aromatic heterocycles. The lowest BCUT2D eigenvalue weighted by molar-refractivity contribution is -0.384. The molecule has 9 heteroatoms. The van der Waals surface area contributed by atoms with Crippen LogP contribution in [-0.4, -0.2) is 14.5 Å². The lowest BCUT2D eigenvalue weighted by Gasteiger charge is -2.18. The fourth-order valence-electron chi connectivity index (χ4n) is 4.18. The van der Waals surface area contributed by atoms with Crippen molar-refractivity contribution >= 4 is 39.0 Å². The number of non-ortho nitro benzene ring substituents is 1. The molecule has 1 aliphatic carbocycles. The molecular weight excluding hydrogens is 461 g/mol. The molecule has 5 rings (SSSR count). The Bertz CT molecular complexity index is 1430. The molecule has 0 amide bonds. The number of hydrogen-bond donors (Lipinski definition) is 0. The van der Waals surface area contributed by atoms with Gasteiger partial charge in [-0.2, -0.15) is 0 Å². The summed E-state index contributed by atoms with van der Waals surface area (Å²) >= 11 is 2.88. The summed E-state index contributed by atoms with van der Waals surface area (Å²) in [5, 5.41) is 11.9. The van der Waals surface area contributed by atoms with E-state index in [1.807, 2.05) is 0 Å². The second kappa shape index (κ2) is 8.72. The van der Waals surface area contributed by atoms with Gasteiger partial charge in [0.2, 0.25) is 0 Å². The zero-order chi connectivity index (χ0) is 23.1. The van der Waals surface area contributed by atoms with Gasteiger partial charge in [-0.05, 0) is 48.4 Å². The summed E-state index contributed by atoms with van der Waals surface area (Å²) in [6, 6.07) is 12.5. The third kappa shape index (κ3) is 4.06. The van der Waals surface area contributed by atoms with E-state index in [0.29, 0.717) is 27.0 Å². The van der Waals surface area contributed by atoms with Crippen molar-refractivity contribution in [1.82, 2.24) is 9.55 Å². The van der Waals surface area contributed by atoms with Crippen molar-refractivity contribution in [2.45, 2.75) is 37.1 Å². The average molecular weight is 482 g/mol. The molecule has 1 aliphatic rings. The van der Waals surface area contributed by atoms with Gasteiger partial charge in [0.05, 0.1) is 16.0 Å². The third-order valence-electron chi connectivity index (χ3n) is 5.91. The largest absolute Gasteiger partial charge is 0.269 e. The van der Waals surface area contributed by atoms with Crippen molar-refractivity contribution in [3.8, 4) is 5.69 Å². The zero-order valence-corrected chi connectivity index (χ0v) is 19.4. The first-order valence-electron chi connectivity index (χ1n) is 10.6. The maximum Gasteiger partial charge on any atom is 0.269 e. The van der Waals surface area contributed by atoms with Crippen LogP contribution in [0.5, 0.6) is 0 Å². The Kier molecular flexibility index (Phi) is 5.76. The summed E-state index contributed by atoms with van der Waals surface area (Å²) < 4.78 is 16.2. The molecule has 0 saturated heterocycles. The predicted octanol–water partition coefficient (Wildman–Crippen LogP) is 5.91. The maximum atomic E-state index is 14.8. The Morgan fingerprint density at radius 3 is 2.73 bits per heavy atom. The number of rotatable bonds is 5. The molecule has 0 aliphatic heterocycles. The molecule has 0 fully saturated rings. The van der Waals surface area contributed by atoms with Crippen LogP contribution in [0, 0.1) is 21.8 Å². The van der Waals surface area contributed by atoms with E-state index in [4.69, 9.17) is 4.98 Å². The highest BCUT2D eigenvalue weighted by Crippen LogP contribution is 2.37. The molecule has 4 aromatic rings. The summed E-state index contributed by atoms with van der Waals surface area (Å²) in [5.74, 6) is 0.512. The van der Waals surface area contributed by atoms with Crippen molar-refractivity contribution in [3.05, 3.63) is 90.8 Å². The van der Waals surface area contributed by atoms with Crippen LogP contribution in [0.4, 0.5) is 10.1 Å². The molecule has 0 N–H and O–H groups in total. The Hall–Kier alpha value is -3.04. The number of aromatic nitrogens is 2. The SMILES string of the molecule is CC1CCc2c(sc3nc(SCc4ccc([N+](=O)[O-])cc4)n(-c4ccccc4F)c(=O)c23)C1. The number of nitro groups is 1. The summed E-state index contributed by atoms with van der Waals surface area (Å²) in [5.41, 5.74) is 1.85. The lowest BCUT2D eigenvalue weighted by Crippen LogP contribution is -2.23. The van der Waals surface area contributed by atoms with Crippen LogP contribution in [0.2, 0.25) is 0 Å². The first kappa shape index (κ1) is 21.8. The first-order chi connectivity index (χ1) is 15.9. The predicted molar refractivity (Wildman–Crippen MR) is 129 cm³/mol. The minimum absolute atomic E-state index is 0.0185. The number of aryl methyl sites for hydroxylation is 1. The number of thiophene rings is 1. The minimum atomic E-state index is -0.490. The first-order valence-corrected chi connectivity index (χ1v) is 12.4. The molecule has 0 spiro atoms. The van der Waals surface area contributed by atoms with E-state index >= 15 is 0 Å². The highest BCUT2D eigenvalue weighted by Gasteiger charge is 2.25. The summed E-state index contributed by atoms with van der Waals surface area (Å²) in [4.78, 5) is 30.9. The van der Waals surface area contributed by atoms with Crippen LogP contribution in [-0.2, 0) is 18.6 Å². The Morgan fingerprint density at radius 2 is 2.00 bits per heavy atom. The van der Waals surface area contributed by atoms with E-state index in [1.165, 1.54) is 39.4 Å². The van der Waals surface area contributed by atoms with Crippen molar-refractivity contribution in [2.75, 3.05) is 0 Å². The van der Waals surface area contributed by atoms with Crippen molar-refractivity contribution < 1.29 is 9.31 Å². The molecule has 0 radical (unpaired) electrons. The normalized spacial score (nSPS) is 15.5. The molecule has 33 heavy (non-hydrogen) atoms. The monoisotopic (exact) mass is 481 g/mol. The molecular formula is C24H20FN3O3S2. The van der Waals surface area contributed by atoms with E-state index in [-0.39, 0.29) is 16.9 Å². The number of halogens is 1. The third-order valence-corrected chi connectivity index (χ3v) is 8.06.